The second-order valence-corrected chi connectivity index (χ2v) is 10.9. The molecule has 0 radical (unpaired) electrons. The van der Waals surface area contributed by atoms with Crippen LogP contribution in [0.3, 0.4) is 0 Å². The zero-order chi connectivity index (χ0) is 30.3. The fraction of sp³-hybridized carbons (Fsp3) is 0.938. The van der Waals surface area contributed by atoms with E-state index in [0.717, 1.165) is 131 Å². The maximum absolute atomic E-state index is 3.55. The molecule has 10 heteroatoms. The standard InChI is InChI=1S/C32H74N10/c1-3-33-17-7-19-37-25-11-27-41-31-13-29-39-23-9-21-35-15-5-6-16-36-22-10-24-40-30-14-32-42-28-12-26-38-20-8-18-34-4-2/h5-6,33-42H,3-4,7-32H2,1-2H3/b6-5-. The highest BCUT2D eigenvalue weighted by Gasteiger charge is 1.94. The van der Waals surface area contributed by atoms with Crippen molar-refractivity contribution in [1.82, 2.24) is 53.2 Å². The van der Waals surface area contributed by atoms with Crippen LogP contribution in [0.15, 0.2) is 12.2 Å². The van der Waals surface area contributed by atoms with Crippen molar-refractivity contribution < 1.29 is 0 Å². The highest BCUT2D eigenvalue weighted by Crippen LogP contribution is 1.82. The van der Waals surface area contributed by atoms with Gasteiger partial charge in [-0.2, -0.15) is 0 Å². The van der Waals surface area contributed by atoms with E-state index in [1.165, 1.54) is 51.4 Å². The largest absolute Gasteiger partial charge is 0.317 e. The van der Waals surface area contributed by atoms with E-state index in [9.17, 15) is 0 Å². The van der Waals surface area contributed by atoms with Crippen LogP contribution in [-0.2, 0) is 0 Å². The molecule has 10 nitrogen and oxygen atoms in total. The average molecular weight is 599 g/mol. The molecule has 0 aliphatic rings. The summed E-state index contributed by atoms with van der Waals surface area (Å²) in [5, 5.41) is 34.9. The van der Waals surface area contributed by atoms with Gasteiger partial charge in [0.1, 0.15) is 0 Å². The van der Waals surface area contributed by atoms with Gasteiger partial charge in [-0.1, -0.05) is 26.0 Å². The van der Waals surface area contributed by atoms with Gasteiger partial charge < -0.3 is 53.2 Å². The Morgan fingerprint density at radius 2 is 0.452 bits per heavy atom. The van der Waals surface area contributed by atoms with Gasteiger partial charge in [-0.15, -0.1) is 0 Å². The number of hydrogen-bond acceptors (Lipinski definition) is 10. The molecule has 0 bridgehead atoms. The third-order valence-corrected chi connectivity index (χ3v) is 6.85. The molecule has 0 unspecified atom stereocenters. The first-order valence-electron chi connectivity index (χ1n) is 17.6. The van der Waals surface area contributed by atoms with Crippen LogP contribution in [0.5, 0.6) is 0 Å². The Morgan fingerprint density at radius 1 is 0.262 bits per heavy atom. The molecule has 0 fully saturated rings. The van der Waals surface area contributed by atoms with Crippen LogP contribution < -0.4 is 53.2 Å². The molecule has 0 saturated carbocycles. The maximum Gasteiger partial charge on any atom is 0.0135 e. The Labute approximate surface area is 261 Å². The molecule has 252 valence electrons. The lowest BCUT2D eigenvalue weighted by Gasteiger charge is -2.08. The van der Waals surface area contributed by atoms with Gasteiger partial charge >= 0.3 is 0 Å². The van der Waals surface area contributed by atoms with Crippen molar-refractivity contribution in [3.8, 4) is 0 Å². The van der Waals surface area contributed by atoms with Crippen molar-refractivity contribution in [1.29, 1.82) is 0 Å². The smallest absolute Gasteiger partial charge is 0.0135 e. The third-order valence-electron chi connectivity index (χ3n) is 6.85. The predicted octanol–water partition coefficient (Wildman–Crippen LogP) is 0.599. The van der Waals surface area contributed by atoms with Crippen molar-refractivity contribution in [2.75, 3.05) is 131 Å². The Kier molecular flexibility index (Phi) is 39.7. The van der Waals surface area contributed by atoms with E-state index in [0.29, 0.717) is 0 Å². The highest BCUT2D eigenvalue weighted by atomic mass is 14.9. The van der Waals surface area contributed by atoms with E-state index < -0.39 is 0 Å². The number of nitrogens with one attached hydrogen (secondary N) is 10. The van der Waals surface area contributed by atoms with Crippen LogP contribution in [0.1, 0.15) is 65.2 Å². The van der Waals surface area contributed by atoms with E-state index in [1.807, 2.05) is 0 Å². The minimum absolute atomic E-state index is 0.957. The van der Waals surface area contributed by atoms with Gasteiger partial charge in [0.25, 0.3) is 0 Å². The molecule has 0 spiro atoms. The van der Waals surface area contributed by atoms with Gasteiger partial charge in [-0.25, -0.2) is 0 Å². The summed E-state index contributed by atoms with van der Waals surface area (Å²) in [5.74, 6) is 0. The summed E-state index contributed by atoms with van der Waals surface area (Å²) in [5.41, 5.74) is 0. The molecular formula is C32H74N10. The van der Waals surface area contributed by atoms with Gasteiger partial charge in [0.15, 0.2) is 0 Å². The van der Waals surface area contributed by atoms with Gasteiger partial charge in [0, 0.05) is 13.1 Å². The number of rotatable bonds is 38. The van der Waals surface area contributed by atoms with Crippen molar-refractivity contribution in [2.24, 2.45) is 0 Å². The first-order chi connectivity index (χ1) is 20.9. The molecule has 0 heterocycles. The summed E-state index contributed by atoms with van der Waals surface area (Å²) < 4.78 is 0. The molecule has 42 heavy (non-hydrogen) atoms. The average Bonchev–Trinajstić information content (AvgIpc) is 3.00. The van der Waals surface area contributed by atoms with Crippen LogP contribution in [0.2, 0.25) is 0 Å². The first kappa shape index (κ1) is 41.3. The minimum Gasteiger partial charge on any atom is -0.317 e. The molecular weight excluding hydrogens is 524 g/mol. The monoisotopic (exact) mass is 599 g/mol. The Balaban J connectivity index is 3.08. The highest BCUT2D eigenvalue weighted by molar-refractivity contribution is 4.85. The van der Waals surface area contributed by atoms with E-state index in [1.54, 1.807) is 0 Å². The van der Waals surface area contributed by atoms with Crippen molar-refractivity contribution in [3.05, 3.63) is 12.2 Å². The summed E-state index contributed by atoms with van der Waals surface area (Å²) in [4.78, 5) is 0. The van der Waals surface area contributed by atoms with Gasteiger partial charge in [0.05, 0.1) is 0 Å². The van der Waals surface area contributed by atoms with Gasteiger partial charge in [-0.05, 0) is 169 Å². The summed E-state index contributed by atoms with van der Waals surface area (Å²) in [6.45, 7) is 26.0. The zero-order valence-corrected chi connectivity index (χ0v) is 28.0. The SMILES string of the molecule is CCNCCCNCCCNCCCNCCCNC/C=C\CNCCCNCCCNCCCNCCCNCC. The molecule has 0 aromatic carbocycles. The summed E-state index contributed by atoms with van der Waals surface area (Å²) in [7, 11) is 0. The Bertz CT molecular complexity index is 454. The van der Waals surface area contributed by atoms with Crippen LogP contribution in [0.25, 0.3) is 0 Å². The summed E-state index contributed by atoms with van der Waals surface area (Å²) >= 11 is 0. The summed E-state index contributed by atoms with van der Waals surface area (Å²) in [6.07, 6.45) is 14.1. The minimum atomic E-state index is 0.957. The van der Waals surface area contributed by atoms with E-state index >= 15 is 0 Å². The second kappa shape index (κ2) is 40.3. The maximum atomic E-state index is 3.55. The zero-order valence-electron chi connectivity index (χ0n) is 28.0. The predicted molar refractivity (Wildman–Crippen MR) is 186 cm³/mol. The fourth-order valence-corrected chi connectivity index (χ4v) is 4.35. The summed E-state index contributed by atoms with van der Waals surface area (Å²) in [6, 6.07) is 0. The van der Waals surface area contributed by atoms with Crippen LogP contribution >= 0.6 is 0 Å². The lowest BCUT2D eigenvalue weighted by Crippen LogP contribution is -2.27. The van der Waals surface area contributed by atoms with Gasteiger partial charge in [-0.3, -0.25) is 0 Å². The second-order valence-electron chi connectivity index (χ2n) is 10.9. The van der Waals surface area contributed by atoms with E-state index in [-0.39, 0.29) is 0 Å². The lowest BCUT2D eigenvalue weighted by atomic mass is 10.3. The van der Waals surface area contributed by atoms with Gasteiger partial charge in [0.2, 0.25) is 0 Å². The fourth-order valence-electron chi connectivity index (χ4n) is 4.35. The molecule has 0 aromatic heterocycles. The van der Waals surface area contributed by atoms with Crippen molar-refractivity contribution >= 4 is 0 Å². The Hall–Kier alpha value is -0.660. The van der Waals surface area contributed by atoms with E-state index in [2.05, 4.69) is 79.2 Å². The molecule has 0 saturated heterocycles. The quantitative estimate of drug-likeness (QED) is 0.0366. The molecule has 0 aliphatic heterocycles. The van der Waals surface area contributed by atoms with Crippen LogP contribution in [0.4, 0.5) is 0 Å². The topological polar surface area (TPSA) is 120 Å². The third kappa shape index (κ3) is 39.3. The first-order valence-corrected chi connectivity index (χ1v) is 17.6. The van der Waals surface area contributed by atoms with Crippen molar-refractivity contribution in [3.63, 3.8) is 0 Å². The van der Waals surface area contributed by atoms with Crippen molar-refractivity contribution in [2.45, 2.75) is 65.2 Å². The molecule has 0 atom stereocenters. The number of hydrogen-bond donors (Lipinski definition) is 10. The molecule has 0 rings (SSSR count). The molecule has 10 N–H and O–H groups in total. The normalized spacial score (nSPS) is 11.8. The lowest BCUT2D eigenvalue weighted by molar-refractivity contribution is 0.548. The molecule has 0 aliphatic carbocycles. The van der Waals surface area contributed by atoms with E-state index in [4.69, 9.17) is 0 Å². The molecule has 0 amide bonds. The molecule has 0 aromatic rings. The van der Waals surface area contributed by atoms with Crippen LogP contribution in [-0.4, -0.2) is 131 Å². The van der Waals surface area contributed by atoms with Crippen LogP contribution in [0, 0.1) is 0 Å². The Morgan fingerprint density at radius 3 is 0.667 bits per heavy atom.